The first-order chi connectivity index (χ1) is 15.5. The number of fused-ring (bicyclic) bond motifs is 3. The van der Waals surface area contributed by atoms with E-state index in [1.165, 1.54) is 30.5 Å². The Bertz CT molecular complexity index is 1280. The van der Waals surface area contributed by atoms with E-state index in [1.807, 2.05) is 24.3 Å². The van der Waals surface area contributed by atoms with Gasteiger partial charge in [-0.2, -0.15) is 0 Å². The minimum atomic E-state index is -3.60. The molecular weight excluding hydrogens is 418 g/mol. The molecule has 1 saturated carbocycles. The standard InChI is InChI=1S/C26H31N3O2S/c1-29-24-12-10-21(15-22(24)26-23-11-9-17(16-27-23)13-25(26)29)32(30,31)20-8-4-7-19(14-20)28-18-5-2-3-6-18/h4,7-8,10,12,14-15,17-18,23,27-28H,2-3,5-6,9,11,13,16H2,1H3. The van der Waals surface area contributed by atoms with E-state index in [4.69, 9.17) is 0 Å². The number of benzene rings is 2. The van der Waals surface area contributed by atoms with Crippen LogP contribution in [0, 0.1) is 5.92 Å². The summed E-state index contributed by atoms with van der Waals surface area (Å²) in [5.74, 6) is 0.675. The molecule has 2 aliphatic heterocycles. The summed E-state index contributed by atoms with van der Waals surface area (Å²) >= 11 is 0. The molecule has 2 atom stereocenters. The second-order valence-electron chi connectivity index (χ2n) is 9.86. The van der Waals surface area contributed by atoms with Crippen molar-refractivity contribution < 1.29 is 8.42 Å². The number of sulfone groups is 1. The van der Waals surface area contributed by atoms with Crippen LogP contribution in [0.4, 0.5) is 5.69 Å². The van der Waals surface area contributed by atoms with Gasteiger partial charge < -0.3 is 15.2 Å². The second kappa shape index (κ2) is 7.63. The highest BCUT2D eigenvalue weighted by molar-refractivity contribution is 7.91. The lowest BCUT2D eigenvalue weighted by Crippen LogP contribution is -2.30. The topological polar surface area (TPSA) is 63.1 Å². The summed E-state index contributed by atoms with van der Waals surface area (Å²) in [4.78, 5) is 0.746. The quantitative estimate of drug-likeness (QED) is 0.591. The van der Waals surface area contributed by atoms with E-state index in [-0.39, 0.29) is 0 Å². The second-order valence-corrected chi connectivity index (χ2v) is 11.8. The Morgan fingerprint density at radius 3 is 2.59 bits per heavy atom. The molecule has 6 heteroatoms. The number of anilines is 1. The number of hydrogen-bond acceptors (Lipinski definition) is 4. The van der Waals surface area contributed by atoms with Gasteiger partial charge >= 0.3 is 0 Å². The van der Waals surface area contributed by atoms with Crippen LogP contribution in [0.1, 0.15) is 55.8 Å². The molecule has 2 fully saturated rings. The Morgan fingerprint density at radius 1 is 1.00 bits per heavy atom. The van der Waals surface area contributed by atoms with Crippen molar-refractivity contribution in [2.75, 3.05) is 11.9 Å². The number of nitrogens with one attached hydrogen (secondary N) is 2. The minimum absolute atomic E-state index is 0.323. The molecule has 2 N–H and O–H groups in total. The van der Waals surface area contributed by atoms with Gasteiger partial charge in [-0.1, -0.05) is 18.9 Å². The maximum atomic E-state index is 13.6. The van der Waals surface area contributed by atoms with Gasteiger partial charge in [0.25, 0.3) is 0 Å². The first kappa shape index (κ1) is 20.3. The molecule has 0 amide bonds. The van der Waals surface area contributed by atoms with Crippen molar-refractivity contribution in [1.82, 2.24) is 9.88 Å². The largest absolute Gasteiger partial charge is 0.382 e. The molecular formula is C26H31N3O2S. The van der Waals surface area contributed by atoms with E-state index < -0.39 is 9.84 Å². The zero-order valence-corrected chi connectivity index (χ0v) is 19.4. The van der Waals surface area contributed by atoms with Crippen LogP contribution >= 0.6 is 0 Å². The lowest BCUT2D eigenvalue weighted by Gasteiger charge is -2.25. The Balaban J connectivity index is 1.41. The van der Waals surface area contributed by atoms with Gasteiger partial charge in [-0.15, -0.1) is 0 Å². The Kier molecular flexibility index (Phi) is 4.84. The molecule has 1 saturated heterocycles. The van der Waals surface area contributed by atoms with Crippen LogP contribution in [-0.2, 0) is 23.3 Å². The van der Waals surface area contributed by atoms with Crippen LogP contribution in [0.25, 0.3) is 10.9 Å². The maximum Gasteiger partial charge on any atom is 0.206 e. The summed E-state index contributed by atoms with van der Waals surface area (Å²) in [7, 11) is -1.47. The number of hydrogen-bond donors (Lipinski definition) is 2. The van der Waals surface area contributed by atoms with Gasteiger partial charge in [0.05, 0.1) is 9.79 Å². The predicted octanol–water partition coefficient (Wildman–Crippen LogP) is 4.96. The van der Waals surface area contributed by atoms with E-state index in [0.717, 1.165) is 48.8 Å². The van der Waals surface area contributed by atoms with Crippen molar-refractivity contribution in [2.24, 2.45) is 13.0 Å². The van der Waals surface area contributed by atoms with Gasteiger partial charge in [-0.05, 0) is 86.5 Å². The molecule has 32 heavy (non-hydrogen) atoms. The van der Waals surface area contributed by atoms with Crippen LogP contribution in [0.2, 0.25) is 0 Å². The third-order valence-electron chi connectivity index (χ3n) is 7.86. The molecule has 5 nitrogen and oxygen atoms in total. The average molecular weight is 450 g/mol. The van der Waals surface area contributed by atoms with Crippen LogP contribution in [-0.4, -0.2) is 25.6 Å². The van der Waals surface area contributed by atoms with Crippen LogP contribution in [0.5, 0.6) is 0 Å². The molecule has 2 bridgehead atoms. The van der Waals surface area contributed by atoms with E-state index in [2.05, 4.69) is 22.2 Å². The minimum Gasteiger partial charge on any atom is -0.382 e. The lowest BCUT2D eigenvalue weighted by molar-refractivity contribution is 0.332. The fourth-order valence-corrected chi connectivity index (χ4v) is 7.44. The Morgan fingerprint density at radius 2 is 1.81 bits per heavy atom. The number of aryl methyl sites for hydroxylation is 1. The van der Waals surface area contributed by atoms with Crippen molar-refractivity contribution in [3.8, 4) is 0 Å². The van der Waals surface area contributed by atoms with Gasteiger partial charge in [0, 0.05) is 41.4 Å². The van der Waals surface area contributed by atoms with Crippen molar-refractivity contribution >= 4 is 26.4 Å². The molecule has 3 aromatic rings. The third kappa shape index (κ3) is 3.27. The average Bonchev–Trinajstić information content (AvgIpc) is 3.30. The summed E-state index contributed by atoms with van der Waals surface area (Å²) in [5, 5.41) is 8.32. The normalized spacial score (nSPS) is 23.4. The first-order valence-electron chi connectivity index (χ1n) is 12.0. The molecule has 168 valence electrons. The predicted molar refractivity (Wildman–Crippen MR) is 128 cm³/mol. The van der Waals surface area contributed by atoms with E-state index in [0.29, 0.717) is 27.8 Å². The molecule has 1 aromatic heterocycles. The SMILES string of the molecule is Cn1c2c(c3cc(S(=O)(=O)c4cccc(NC5CCCC5)c4)ccc31)C1CCC(CN1)C2. The fourth-order valence-electron chi connectivity index (χ4n) is 6.11. The van der Waals surface area contributed by atoms with Crippen molar-refractivity contribution in [2.45, 2.75) is 66.8 Å². The van der Waals surface area contributed by atoms with Gasteiger partial charge in [0.15, 0.2) is 0 Å². The zero-order valence-electron chi connectivity index (χ0n) is 18.6. The number of rotatable bonds is 4. The molecule has 3 heterocycles. The maximum absolute atomic E-state index is 13.6. The van der Waals surface area contributed by atoms with Gasteiger partial charge in [-0.3, -0.25) is 0 Å². The third-order valence-corrected chi connectivity index (χ3v) is 9.61. The van der Waals surface area contributed by atoms with E-state index >= 15 is 0 Å². The van der Waals surface area contributed by atoms with Crippen molar-refractivity contribution in [3.05, 3.63) is 53.7 Å². The summed E-state index contributed by atoms with van der Waals surface area (Å²) in [6.07, 6.45) is 8.24. The lowest BCUT2D eigenvalue weighted by atomic mass is 9.95. The molecule has 4 aliphatic rings. The zero-order chi connectivity index (χ0) is 21.9. The summed E-state index contributed by atoms with van der Waals surface area (Å²) in [6, 6.07) is 13.8. The molecule has 0 spiro atoms. The number of piperidine rings is 1. The number of nitrogens with zero attached hydrogens (tertiary/aromatic N) is 1. The molecule has 2 aliphatic carbocycles. The monoisotopic (exact) mass is 449 g/mol. The van der Waals surface area contributed by atoms with Crippen molar-refractivity contribution in [3.63, 3.8) is 0 Å². The van der Waals surface area contributed by atoms with Crippen molar-refractivity contribution in [1.29, 1.82) is 0 Å². The highest BCUT2D eigenvalue weighted by Gasteiger charge is 2.33. The van der Waals surface area contributed by atoms with Crippen LogP contribution in [0.15, 0.2) is 52.3 Å². The summed E-state index contributed by atoms with van der Waals surface area (Å²) < 4.78 is 29.5. The van der Waals surface area contributed by atoms with E-state index in [1.54, 1.807) is 18.2 Å². The smallest absolute Gasteiger partial charge is 0.206 e. The molecule has 0 radical (unpaired) electrons. The molecule has 2 unspecified atom stereocenters. The molecule has 2 aromatic carbocycles. The first-order valence-corrected chi connectivity index (χ1v) is 13.5. The van der Waals surface area contributed by atoms with Gasteiger partial charge in [-0.25, -0.2) is 8.42 Å². The van der Waals surface area contributed by atoms with Gasteiger partial charge in [0.1, 0.15) is 0 Å². The Labute approximate surface area is 190 Å². The van der Waals surface area contributed by atoms with Crippen LogP contribution in [0.3, 0.4) is 0 Å². The highest BCUT2D eigenvalue weighted by atomic mass is 32.2. The van der Waals surface area contributed by atoms with Crippen LogP contribution < -0.4 is 10.6 Å². The summed E-state index contributed by atoms with van der Waals surface area (Å²) in [6.45, 7) is 1.06. The number of aromatic nitrogens is 1. The Hall–Kier alpha value is -2.31. The van der Waals surface area contributed by atoms with E-state index in [9.17, 15) is 8.42 Å². The summed E-state index contributed by atoms with van der Waals surface area (Å²) in [5.41, 5.74) is 4.71. The highest BCUT2D eigenvalue weighted by Crippen LogP contribution is 2.41. The fraction of sp³-hybridized carbons (Fsp3) is 0.462. The van der Waals surface area contributed by atoms with Gasteiger partial charge in [0.2, 0.25) is 9.84 Å². The molecule has 7 rings (SSSR count).